The highest BCUT2D eigenvalue weighted by atomic mass is 32.2. The number of nitrogens with one attached hydrogen (secondary N) is 1. The van der Waals surface area contributed by atoms with Crippen LogP contribution in [0.4, 0.5) is 0 Å². The van der Waals surface area contributed by atoms with Crippen molar-refractivity contribution in [2.24, 2.45) is 0 Å². The molecule has 0 spiro atoms. The molecule has 22 heavy (non-hydrogen) atoms. The van der Waals surface area contributed by atoms with Crippen molar-refractivity contribution in [3.63, 3.8) is 0 Å². The molecule has 1 aliphatic heterocycles. The Morgan fingerprint density at radius 3 is 3.05 bits per heavy atom. The van der Waals surface area contributed by atoms with E-state index in [9.17, 15) is 8.42 Å². The minimum atomic E-state index is -3.13. The van der Waals surface area contributed by atoms with Crippen LogP contribution < -0.4 is 4.72 Å². The molecule has 6 nitrogen and oxygen atoms in total. The molecule has 1 aliphatic rings. The van der Waals surface area contributed by atoms with Crippen LogP contribution in [-0.4, -0.2) is 58.5 Å². The van der Waals surface area contributed by atoms with E-state index in [1.807, 2.05) is 18.2 Å². The van der Waals surface area contributed by atoms with E-state index in [0.717, 1.165) is 25.4 Å². The predicted molar refractivity (Wildman–Crippen MR) is 86.0 cm³/mol. The lowest BCUT2D eigenvalue weighted by Crippen LogP contribution is -2.44. The van der Waals surface area contributed by atoms with E-state index in [1.165, 1.54) is 11.8 Å². The van der Waals surface area contributed by atoms with Crippen LogP contribution in [0.1, 0.15) is 19.1 Å². The Labute approximate surface area is 132 Å². The number of morpholine rings is 1. The van der Waals surface area contributed by atoms with E-state index >= 15 is 0 Å². The SMILES string of the molecule is CC(=Cc1ccco1)CN1CCOC(CCNS(C)(=O)=O)C1. The number of rotatable bonds is 7. The summed E-state index contributed by atoms with van der Waals surface area (Å²) in [6.07, 6.45) is 5.63. The molecule has 0 radical (unpaired) electrons. The van der Waals surface area contributed by atoms with Crippen molar-refractivity contribution in [3.05, 3.63) is 29.7 Å². The maximum Gasteiger partial charge on any atom is 0.208 e. The summed E-state index contributed by atoms with van der Waals surface area (Å²) in [7, 11) is -3.13. The zero-order chi connectivity index (χ0) is 16.0. The van der Waals surface area contributed by atoms with Gasteiger partial charge in [-0.2, -0.15) is 0 Å². The van der Waals surface area contributed by atoms with Gasteiger partial charge in [-0.1, -0.05) is 5.57 Å². The molecule has 0 aliphatic carbocycles. The Morgan fingerprint density at radius 2 is 2.36 bits per heavy atom. The van der Waals surface area contributed by atoms with E-state index in [2.05, 4.69) is 16.5 Å². The first-order valence-corrected chi connectivity index (χ1v) is 9.31. The minimum Gasteiger partial charge on any atom is -0.465 e. The fourth-order valence-electron chi connectivity index (χ4n) is 2.52. The van der Waals surface area contributed by atoms with Gasteiger partial charge in [-0.05, 0) is 31.6 Å². The lowest BCUT2D eigenvalue weighted by atomic mass is 10.1. The Hall–Kier alpha value is -1.15. The summed E-state index contributed by atoms with van der Waals surface area (Å²) in [5.41, 5.74) is 1.23. The van der Waals surface area contributed by atoms with Gasteiger partial charge < -0.3 is 9.15 Å². The third-order valence-corrected chi connectivity index (χ3v) is 4.19. The molecule has 0 aromatic carbocycles. The first-order chi connectivity index (χ1) is 10.4. The Kier molecular flexibility index (Phi) is 6.19. The largest absolute Gasteiger partial charge is 0.465 e. The molecule has 1 atom stereocenters. The van der Waals surface area contributed by atoms with Gasteiger partial charge in [0, 0.05) is 26.2 Å². The molecule has 0 saturated carbocycles. The van der Waals surface area contributed by atoms with Gasteiger partial charge in [-0.25, -0.2) is 13.1 Å². The van der Waals surface area contributed by atoms with Crippen molar-refractivity contribution >= 4 is 16.1 Å². The molecule has 7 heteroatoms. The van der Waals surface area contributed by atoms with Crippen LogP contribution in [0, 0.1) is 0 Å². The second-order valence-electron chi connectivity index (χ2n) is 5.69. The molecule has 124 valence electrons. The highest BCUT2D eigenvalue weighted by molar-refractivity contribution is 7.88. The summed E-state index contributed by atoms with van der Waals surface area (Å²) < 4.78 is 35.6. The van der Waals surface area contributed by atoms with Crippen molar-refractivity contribution in [2.45, 2.75) is 19.4 Å². The molecule has 1 fully saturated rings. The summed E-state index contributed by atoms with van der Waals surface area (Å²) in [4.78, 5) is 2.32. The predicted octanol–water partition coefficient (Wildman–Crippen LogP) is 1.32. The molecular weight excluding hydrogens is 304 g/mol. The van der Waals surface area contributed by atoms with Crippen molar-refractivity contribution < 1.29 is 17.6 Å². The standard InChI is InChI=1S/C15H24N2O4S/c1-13(10-14-4-3-8-20-14)11-17-7-9-21-15(12-17)5-6-16-22(2,18)19/h3-4,8,10,15-16H,5-7,9,11-12H2,1-2H3. The number of ether oxygens (including phenoxy) is 1. The van der Waals surface area contributed by atoms with Crippen LogP contribution in [0.15, 0.2) is 28.4 Å². The van der Waals surface area contributed by atoms with Crippen LogP contribution in [0.5, 0.6) is 0 Å². The van der Waals surface area contributed by atoms with Gasteiger partial charge >= 0.3 is 0 Å². The summed E-state index contributed by atoms with van der Waals surface area (Å²) in [5.74, 6) is 0.861. The normalized spacial score (nSPS) is 21.2. The van der Waals surface area contributed by atoms with E-state index < -0.39 is 10.0 Å². The minimum absolute atomic E-state index is 0.0689. The van der Waals surface area contributed by atoms with Gasteiger partial charge in [0.25, 0.3) is 0 Å². The Balaban J connectivity index is 1.78. The maximum atomic E-state index is 11.1. The van der Waals surface area contributed by atoms with Crippen LogP contribution in [0.3, 0.4) is 0 Å². The lowest BCUT2D eigenvalue weighted by Gasteiger charge is -2.33. The zero-order valence-electron chi connectivity index (χ0n) is 13.1. The summed E-state index contributed by atoms with van der Waals surface area (Å²) >= 11 is 0. The number of hydrogen-bond donors (Lipinski definition) is 1. The molecule has 1 saturated heterocycles. The molecule has 0 amide bonds. The third-order valence-electron chi connectivity index (χ3n) is 3.46. The number of nitrogens with zero attached hydrogens (tertiary/aromatic N) is 1. The Morgan fingerprint density at radius 1 is 1.55 bits per heavy atom. The van der Waals surface area contributed by atoms with Crippen LogP contribution in [-0.2, 0) is 14.8 Å². The molecular formula is C15H24N2O4S. The first-order valence-electron chi connectivity index (χ1n) is 7.41. The molecule has 1 unspecified atom stereocenters. The molecule has 1 N–H and O–H groups in total. The third kappa shape index (κ3) is 6.31. The van der Waals surface area contributed by atoms with Crippen molar-refractivity contribution in [3.8, 4) is 0 Å². The number of sulfonamides is 1. The van der Waals surface area contributed by atoms with Crippen molar-refractivity contribution in [2.75, 3.05) is 39.0 Å². The highest BCUT2D eigenvalue weighted by Gasteiger charge is 2.20. The molecule has 1 aromatic rings. The number of furan rings is 1. The van der Waals surface area contributed by atoms with Gasteiger partial charge in [-0.15, -0.1) is 0 Å². The molecule has 1 aromatic heterocycles. The fraction of sp³-hybridized carbons (Fsp3) is 0.600. The van der Waals surface area contributed by atoms with Crippen LogP contribution in [0.2, 0.25) is 0 Å². The monoisotopic (exact) mass is 328 g/mol. The topological polar surface area (TPSA) is 71.8 Å². The van der Waals surface area contributed by atoms with Crippen molar-refractivity contribution in [1.29, 1.82) is 0 Å². The fourth-order valence-corrected chi connectivity index (χ4v) is 3.01. The van der Waals surface area contributed by atoms with Gasteiger partial charge in [0.2, 0.25) is 10.0 Å². The van der Waals surface area contributed by atoms with E-state index in [0.29, 0.717) is 19.6 Å². The maximum absolute atomic E-state index is 11.1. The van der Waals surface area contributed by atoms with Crippen LogP contribution in [0.25, 0.3) is 6.08 Å². The first kappa shape index (κ1) is 17.2. The van der Waals surface area contributed by atoms with E-state index in [-0.39, 0.29) is 6.10 Å². The van der Waals surface area contributed by atoms with E-state index in [1.54, 1.807) is 6.26 Å². The van der Waals surface area contributed by atoms with Crippen LogP contribution >= 0.6 is 0 Å². The number of hydrogen-bond acceptors (Lipinski definition) is 5. The van der Waals surface area contributed by atoms with Gasteiger partial charge in [0.1, 0.15) is 5.76 Å². The molecule has 2 heterocycles. The smallest absolute Gasteiger partial charge is 0.208 e. The van der Waals surface area contributed by atoms with Gasteiger partial charge in [0.15, 0.2) is 0 Å². The van der Waals surface area contributed by atoms with E-state index in [4.69, 9.17) is 9.15 Å². The zero-order valence-corrected chi connectivity index (χ0v) is 13.9. The lowest BCUT2D eigenvalue weighted by molar-refractivity contribution is -0.0279. The summed E-state index contributed by atoms with van der Waals surface area (Å²) in [6.45, 7) is 5.74. The quantitative estimate of drug-likeness (QED) is 0.817. The summed E-state index contributed by atoms with van der Waals surface area (Å²) in [5, 5.41) is 0. The average Bonchev–Trinajstić information content (AvgIpc) is 2.90. The molecule has 0 bridgehead atoms. The summed E-state index contributed by atoms with van der Waals surface area (Å²) in [6, 6.07) is 3.81. The highest BCUT2D eigenvalue weighted by Crippen LogP contribution is 2.13. The second-order valence-corrected chi connectivity index (χ2v) is 7.52. The van der Waals surface area contributed by atoms with Gasteiger partial charge in [-0.3, -0.25) is 4.90 Å². The average molecular weight is 328 g/mol. The second kappa shape index (κ2) is 7.92. The molecule has 2 rings (SSSR count). The van der Waals surface area contributed by atoms with Gasteiger partial charge in [0.05, 0.1) is 25.2 Å². The van der Waals surface area contributed by atoms with Crippen molar-refractivity contribution in [1.82, 2.24) is 9.62 Å². The Bertz CT molecular complexity index is 581.